The van der Waals surface area contributed by atoms with E-state index in [0.717, 1.165) is 11.8 Å². The molecule has 5 aromatic rings. The van der Waals surface area contributed by atoms with Crippen LogP contribution in [0, 0.1) is 18.3 Å². The molecule has 0 atom stereocenters. The molecule has 0 radical (unpaired) electrons. The molecule has 0 spiro atoms. The number of nitrogens with zero attached hydrogens (tertiary/aromatic N) is 8. The highest BCUT2D eigenvalue weighted by atomic mass is 19.1. The molecule has 2 amide bonds. The van der Waals surface area contributed by atoms with E-state index in [9.17, 15) is 18.4 Å². The zero-order chi connectivity index (χ0) is 27.8. The average molecular weight is 540 g/mol. The summed E-state index contributed by atoms with van der Waals surface area (Å²) in [6, 6.07) is 11.8. The molecule has 0 fully saturated rings. The molecule has 11 nitrogen and oxygen atoms in total. The van der Waals surface area contributed by atoms with Gasteiger partial charge in [0, 0.05) is 29.9 Å². The number of nitrogens with one attached hydrogen (secondary N) is 1. The molecule has 1 aliphatic heterocycles. The summed E-state index contributed by atoms with van der Waals surface area (Å²) in [6.07, 6.45) is 2.72. The molecule has 13 heteroatoms. The maximum atomic E-state index is 13.7. The minimum atomic E-state index is -0.773. The summed E-state index contributed by atoms with van der Waals surface area (Å²) >= 11 is 0. The van der Waals surface area contributed by atoms with Gasteiger partial charge in [0.1, 0.15) is 11.5 Å². The summed E-state index contributed by atoms with van der Waals surface area (Å²) in [7, 11) is 0. The molecule has 5 heterocycles. The van der Waals surface area contributed by atoms with Gasteiger partial charge in [0.25, 0.3) is 12.5 Å². The molecule has 198 valence electrons. The number of amides is 2. The van der Waals surface area contributed by atoms with Crippen LogP contribution in [0.25, 0.3) is 33.0 Å². The van der Waals surface area contributed by atoms with Crippen molar-refractivity contribution < 1.29 is 18.4 Å². The number of carbonyl (C=O) groups excluding carboxylic acids is 2. The number of pyridine rings is 1. The second-order valence-electron chi connectivity index (χ2n) is 9.00. The molecule has 6 rings (SSSR count). The predicted molar refractivity (Wildman–Crippen MR) is 139 cm³/mol. The highest BCUT2D eigenvalue weighted by Gasteiger charge is 2.29. The standard InChI is InChI=1S/C27H19F2N9O2/c1-30-13-24(39)36-10-11-37-20(14-36)25(26(35-37)16-2-4-18(28)5-3-16)19-6-7-23-32-22(15-38(23)34-19)33-27(40)17-8-9-31-21(29)12-17/h2-9,12,15H,10-11,13-14H2,(H,33,40). The fraction of sp³-hybridized carbons (Fsp3) is 0.148. The summed E-state index contributed by atoms with van der Waals surface area (Å²) in [5.74, 6) is -1.78. The first-order valence-corrected chi connectivity index (χ1v) is 12.2. The maximum Gasteiger partial charge on any atom is 0.303 e. The molecule has 0 saturated heterocycles. The van der Waals surface area contributed by atoms with Crippen molar-refractivity contribution in [1.29, 1.82) is 0 Å². The third-order valence-electron chi connectivity index (χ3n) is 6.47. The van der Waals surface area contributed by atoms with Crippen LogP contribution in [0.1, 0.15) is 16.1 Å². The zero-order valence-electron chi connectivity index (χ0n) is 20.8. The number of halogens is 2. The Morgan fingerprint density at radius 2 is 1.88 bits per heavy atom. The van der Waals surface area contributed by atoms with E-state index < -0.39 is 11.9 Å². The van der Waals surface area contributed by atoms with Crippen molar-refractivity contribution in [3.05, 3.63) is 95.4 Å². The number of anilines is 1. The second kappa shape index (κ2) is 9.99. The molecule has 1 aromatic carbocycles. The Morgan fingerprint density at radius 3 is 2.65 bits per heavy atom. The molecule has 40 heavy (non-hydrogen) atoms. The number of carbonyl (C=O) groups is 2. The Balaban J connectivity index is 1.40. The van der Waals surface area contributed by atoms with Crippen molar-refractivity contribution in [3.8, 4) is 22.5 Å². The van der Waals surface area contributed by atoms with Crippen molar-refractivity contribution in [2.45, 2.75) is 13.1 Å². The zero-order valence-corrected chi connectivity index (χ0v) is 20.8. The molecule has 4 aromatic heterocycles. The van der Waals surface area contributed by atoms with Crippen LogP contribution in [0.15, 0.2) is 60.9 Å². The summed E-state index contributed by atoms with van der Waals surface area (Å²) < 4.78 is 30.4. The molecule has 0 saturated carbocycles. The van der Waals surface area contributed by atoms with Gasteiger partial charge in [-0.2, -0.15) is 14.6 Å². The Labute approximate surface area is 225 Å². The molecule has 1 aliphatic rings. The number of hydrogen-bond acceptors (Lipinski definition) is 6. The van der Waals surface area contributed by atoms with Gasteiger partial charge >= 0.3 is 5.91 Å². The first-order valence-electron chi connectivity index (χ1n) is 12.2. The van der Waals surface area contributed by atoms with E-state index in [-0.39, 0.29) is 36.2 Å². The number of aromatic nitrogens is 6. The third-order valence-corrected chi connectivity index (χ3v) is 6.47. The predicted octanol–water partition coefficient (Wildman–Crippen LogP) is 3.45. The number of imidazole rings is 1. The van der Waals surface area contributed by atoms with Gasteiger partial charge < -0.3 is 15.1 Å². The van der Waals surface area contributed by atoms with Gasteiger partial charge in [-0.1, -0.05) is 0 Å². The Hall–Kier alpha value is -5.51. The SMILES string of the molecule is [C-]#[N+]CC(=O)N1CCn2nc(-c3ccc(F)cc3)c(-c3ccc4nc(NC(=O)c5ccnc(F)c5)cn4n3)c2C1. The lowest BCUT2D eigenvalue weighted by Crippen LogP contribution is -2.39. The maximum absolute atomic E-state index is 13.7. The molecular weight excluding hydrogens is 520 g/mol. The van der Waals surface area contributed by atoms with Crippen LogP contribution in [0.5, 0.6) is 0 Å². The molecule has 0 bridgehead atoms. The first-order chi connectivity index (χ1) is 19.4. The number of benzene rings is 1. The van der Waals surface area contributed by atoms with Crippen LogP contribution in [-0.4, -0.2) is 59.2 Å². The van der Waals surface area contributed by atoms with E-state index >= 15 is 0 Å². The van der Waals surface area contributed by atoms with Gasteiger partial charge in [0.05, 0.1) is 36.2 Å². The van der Waals surface area contributed by atoms with E-state index in [0.29, 0.717) is 41.3 Å². The molecular formula is C27H19F2N9O2. The van der Waals surface area contributed by atoms with Crippen molar-refractivity contribution in [2.24, 2.45) is 0 Å². The van der Waals surface area contributed by atoms with Gasteiger partial charge in [-0.05, 0) is 42.5 Å². The summed E-state index contributed by atoms with van der Waals surface area (Å²) in [5.41, 5.74) is 3.66. The van der Waals surface area contributed by atoms with Crippen LogP contribution in [0.4, 0.5) is 14.6 Å². The number of rotatable bonds is 5. The van der Waals surface area contributed by atoms with Gasteiger partial charge in [0.2, 0.25) is 5.95 Å². The summed E-state index contributed by atoms with van der Waals surface area (Å²) in [4.78, 5) is 37.7. The van der Waals surface area contributed by atoms with Crippen LogP contribution in [0.2, 0.25) is 0 Å². The lowest BCUT2D eigenvalue weighted by molar-refractivity contribution is -0.130. The van der Waals surface area contributed by atoms with Gasteiger partial charge in [-0.25, -0.2) is 25.4 Å². The van der Waals surface area contributed by atoms with Crippen molar-refractivity contribution in [2.75, 3.05) is 18.4 Å². The van der Waals surface area contributed by atoms with Crippen molar-refractivity contribution >= 4 is 23.3 Å². The Morgan fingerprint density at radius 1 is 1.05 bits per heavy atom. The third kappa shape index (κ3) is 4.62. The first kappa shape index (κ1) is 24.8. The van der Waals surface area contributed by atoms with Gasteiger partial charge in [-0.3, -0.25) is 14.3 Å². The van der Waals surface area contributed by atoms with Crippen molar-refractivity contribution in [1.82, 2.24) is 34.3 Å². The summed E-state index contributed by atoms with van der Waals surface area (Å²) in [5, 5.41) is 12.1. The fourth-order valence-electron chi connectivity index (χ4n) is 4.59. The smallest absolute Gasteiger partial charge is 0.303 e. The molecule has 0 unspecified atom stereocenters. The lowest BCUT2D eigenvalue weighted by Gasteiger charge is -2.26. The monoisotopic (exact) mass is 539 g/mol. The normalized spacial score (nSPS) is 12.7. The minimum absolute atomic E-state index is 0.0889. The van der Waals surface area contributed by atoms with Crippen LogP contribution in [-0.2, 0) is 17.9 Å². The second-order valence-corrected chi connectivity index (χ2v) is 9.00. The van der Waals surface area contributed by atoms with E-state index in [1.54, 1.807) is 33.8 Å². The fourth-order valence-corrected chi connectivity index (χ4v) is 4.59. The van der Waals surface area contributed by atoms with E-state index in [4.69, 9.17) is 16.8 Å². The van der Waals surface area contributed by atoms with E-state index in [1.165, 1.54) is 35.1 Å². The molecule has 0 aliphatic carbocycles. The topological polar surface area (TPSA) is 115 Å². The average Bonchev–Trinajstić information content (AvgIpc) is 3.53. The highest BCUT2D eigenvalue weighted by molar-refractivity contribution is 6.03. The van der Waals surface area contributed by atoms with Gasteiger partial charge in [0.15, 0.2) is 11.5 Å². The minimum Gasteiger partial charge on any atom is -0.328 e. The lowest BCUT2D eigenvalue weighted by atomic mass is 10.0. The van der Waals surface area contributed by atoms with Crippen LogP contribution < -0.4 is 5.32 Å². The quantitative estimate of drug-likeness (QED) is 0.270. The van der Waals surface area contributed by atoms with Crippen LogP contribution >= 0.6 is 0 Å². The van der Waals surface area contributed by atoms with E-state index in [2.05, 4.69) is 20.1 Å². The van der Waals surface area contributed by atoms with Crippen molar-refractivity contribution in [3.63, 3.8) is 0 Å². The molecule has 1 N–H and O–H groups in total. The largest absolute Gasteiger partial charge is 0.328 e. The van der Waals surface area contributed by atoms with Crippen LogP contribution in [0.3, 0.4) is 0 Å². The number of fused-ring (bicyclic) bond motifs is 2. The Bertz CT molecular complexity index is 1820. The Kier molecular flexibility index (Phi) is 6.19. The highest BCUT2D eigenvalue weighted by Crippen LogP contribution is 2.36. The van der Waals surface area contributed by atoms with E-state index in [1.807, 2.05) is 0 Å². The van der Waals surface area contributed by atoms with Gasteiger partial charge in [-0.15, -0.1) is 0 Å². The number of hydrogen-bond donors (Lipinski definition) is 1. The summed E-state index contributed by atoms with van der Waals surface area (Å²) in [6.45, 7) is 7.87.